The lowest BCUT2D eigenvalue weighted by Gasteiger charge is -2.04. The van der Waals surface area contributed by atoms with Crippen LogP contribution in [0, 0.1) is 0 Å². The Bertz CT molecular complexity index is 1240. The fraction of sp³-hybridized carbons (Fsp3) is 0. The minimum absolute atomic E-state index is 0.646. The van der Waals surface area contributed by atoms with E-state index in [0.29, 0.717) is 15.7 Å². The monoisotopic (exact) mass is 380 g/mol. The van der Waals surface area contributed by atoms with E-state index in [1.54, 1.807) is 10.8 Å². The summed E-state index contributed by atoms with van der Waals surface area (Å²) >= 11 is 12.1. The molecule has 6 nitrogen and oxygen atoms in total. The summed E-state index contributed by atoms with van der Waals surface area (Å²) in [7, 11) is 0. The summed E-state index contributed by atoms with van der Waals surface area (Å²) in [5, 5.41) is 14.1. The topological polar surface area (TPSA) is 60.9 Å². The molecule has 0 saturated heterocycles. The van der Waals surface area contributed by atoms with E-state index in [-0.39, 0.29) is 0 Å². The largest absolute Gasteiger partial charge is 0.301 e. The molecular formula is C18H10Cl2N6. The molecule has 0 aliphatic carbocycles. The smallest absolute Gasteiger partial charge is 0.192 e. The highest BCUT2D eigenvalue weighted by molar-refractivity contribution is 6.31. The molecule has 0 atom stereocenters. The Kier molecular flexibility index (Phi) is 3.41. The van der Waals surface area contributed by atoms with Crippen LogP contribution in [0.2, 0.25) is 10.0 Å². The maximum absolute atomic E-state index is 6.04. The van der Waals surface area contributed by atoms with Gasteiger partial charge < -0.3 is 4.57 Å². The van der Waals surface area contributed by atoms with E-state index < -0.39 is 0 Å². The first-order chi connectivity index (χ1) is 12.7. The third-order valence-corrected chi connectivity index (χ3v) is 4.75. The van der Waals surface area contributed by atoms with Crippen LogP contribution < -0.4 is 0 Å². The number of aromatic nitrogens is 6. The van der Waals surface area contributed by atoms with Crippen LogP contribution in [-0.2, 0) is 0 Å². The second kappa shape index (κ2) is 5.79. The Morgan fingerprint density at radius 1 is 0.808 bits per heavy atom. The van der Waals surface area contributed by atoms with E-state index in [0.717, 1.165) is 27.8 Å². The lowest BCUT2D eigenvalue weighted by atomic mass is 10.1. The van der Waals surface area contributed by atoms with E-state index in [9.17, 15) is 0 Å². The quantitative estimate of drug-likeness (QED) is 0.454. The number of fused-ring (bicyclic) bond motifs is 3. The number of hydrogen-bond donors (Lipinski definition) is 0. The van der Waals surface area contributed by atoms with Crippen molar-refractivity contribution in [3.05, 3.63) is 71.1 Å². The molecule has 0 bridgehead atoms. The summed E-state index contributed by atoms with van der Waals surface area (Å²) in [6, 6.07) is 15.2. The molecule has 0 aliphatic heterocycles. The average Bonchev–Trinajstić information content (AvgIpc) is 3.27. The molecule has 0 N–H and O–H groups in total. The van der Waals surface area contributed by atoms with Crippen LogP contribution >= 0.6 is 23.2 Å². The Balaban J connectivity index is 1.87. The molecular weight excluding hydrogens is 371 g/mol. The van der Waals surface area contributed by atoms with Crippen molar-refractivity contribution in [1.29, 1.82) is 0 Å². The lowest BCUT2D eigenvalue weighted by Crippen LogP contribution is -1.96. The van der Waals surface area contributed by atoms with Gasteiger partial charge in [-0.25, -0.2) is 4.98 Å². The molecule has 0 unspecified atom stereocenters. The van der Waals surface area contributed by atoms with Gasteiger partial charge in [0.05, 0.1) is 5.39 Å². The first-order valence-electron chi connectivity index (χ1n) is 7.80. The fourth-order valence-electron chi connectivity index (χ4n) is 3.04. The summed E-state index contributed by atoms with van der Waals surface area (Å²) in [6.07, 6.45) is 3.63. The zero-order valence-corrected chi connectivity index (χ0v) is 14.7. The second-order valence-electron chi connectivity index (χ2n) is 5.79. The maximum atomic E-state index is 6.04. The summed E-state index contributed by atoms with van der Waals surface area (Å²) in [6.45, 7) is 0. The predicted octanol–water partition coefficient (Wildman–Crippen LogP) is 4.44. The van der Waals surface area contributed by atoms with Gasteiger partial charge in [-0.3, -0.25) is 0 Å². The standard InChI is InChI=1S/C18H10Cl2N6/c19-12-3-1-11(2-4-12)15-9-25(14-7-5-13(20)6-8-14)17-16(15)18-22-23-24-26(18)10-21-17/h1-10H. The highest BCUT2D eigenvalue weighted by Crippen LogP contribution is 2.34. The number of rotatable bonds is 2. The van der Waals surface area contributed by atoms with Gasteiger partial charge in [-0.1, -0.05) is 35.3 Å². The van der Waals surface area contributed by atoms with E-state index in [2.05, 4.69) is 20.5 Å². The molecule has 0 aliphatic rings. The van der Waals surface area contributed by atoms with E-state index in [4.69, 9.17) is 23.2 Å². The summed E-state index contributed by atoms with van der Waals surface area (Å²) < 4.78 is 3.57. The molecule has 3 aromatic heterocycles. The van der Waals surface area contributed by atoms with Gasteiger partial charge in [0.2, 0.25) is 0 Å². The van der Waals surface area contributed by atoms with Crippen molar-refractivity contribution >= 4 is 39.9 Å². The molecule has 0 saturated carbocycles. The van der Waals surface area contributed by atoms with Crippen LogP contribution in [0.5, 0.6) is 0 Å². The zero-order chi connectivity index (χ0) is 17.7. The Labute approximate surface area is 157 Å². The van der Waals surface area contributed by atoms with Crippen molar-refractivity contribution in [3.8, 4) is 16.8 Å². The van der Waals surface area contributed by atoms with Crippen molar-refractivity contribution in [2.24, 2.45) is 0 Å². The van der Waals surface area contributed by atoms with Gasteiger partial charge in [-0.15, -0.1) is 5.10 Å². The van der Waals surface area contributed by atoms with Gasteiger partial charge in [0, 0.05) is 27.5 Å². The van der Waals surface area contributed by atoms with Crippen molar-refractivity contribution < 1.29 is 0 Å². The highest BCUT2D eigenvalue weighted by Gasteiger charge is 2.17. The minimum atomic E-state index is 0.646. The molecule has 0 radical (unpaired) electrons. The van der Waals surface area contributed by atoms with Gasteiger partial charge in [-0.05, 0) is 52.4 Å². The summed E-state index contributed by atoms with van der Waals surface area (Å²) in [4.78, 5) is 4.57. The maximum Gasteiger partial charge on any atom is 0.192 e. The van der Waals surface area contributed by atoms with Gasteiger partial charge in [0.15, 0.2) is 11.3 Å². The van der Waals surface area contributed by atoms with Crippen molar-refractivity contribution in [2.75, 3.05) is 0 Å². The predicted molar refractivity (Wildman–Crippen MR) is 101 cm³/mol. The van der Waals surface area contributed by atoms with Crippen LogP contribution in [0.25, 0.3) is 33.5 Å². The molecule has 0 spiro atoms. The van der Waals surface area contributed by atoms with E-state index in [1.165, 1.54) is 0 Å². The Morgan fingerprint density at radius 2 is 1.50 bits per heavy atom. The zero-order valence-electron chi connectivity index (χ0n) is 13.2. The van der Waals surface area contributed by atoms with Gasteiger partial charge in [-0.2, -0.15) is 4.52 Å². The third-order valence-electron chi connectivity index (χ3n) is 4.25. The lowest BCUT2D eigenvalue weighted by molar-refractivity contribution is 0.811. The SMILES string of the molecule is Clc1ccc(-c2cn(-c3ccc(Cl)cc3)c3ncn4nnnc4c23)cc1. The number of benzene rings is 2. The van der Waals surface area contributed by atoms with Crippen molar-refractivity contribution in [1.82, 2.24) is 29.6 Å². The molecule has 0 fully saturated rings. The molecule has 5 aromatic rings. The normalized spacial score (nSPS) is 11.5. The molecule has 8 heteroatoms. The Hall–Kier alpha value is -2.96. The van der Waals surface area contributed by atoms with E-state index in [1.807, 2.05) is 59.3 Å². The van der Waals surface area contributed by atoms with Crippen LogP contribution in [0.15, 0.2) is 61.1 Å². The molecule has 2 aromatic carbocycles. The van der Waals surface area contributed by atoms with Crippen molar-refractivity contribution in [2.45, 2.75) is 0 Å². The molecule has 0 amide bonds. The average molecular weight is 381 g/mol. The molecule has 3 heterocycles. The molecule has 5 rings (SSSR count). The molecule has 26 heavy (non-hydrogen) atoms. The van der Waals surface area contributed by atoms with Gasteiger partial charge in [0.1, 0.15) is 6.33 Å². The van der Waals surface area contributed by atoms with Gasteiger partial charge >= 0.3 is 0 Å². The first-order valence-corrected chi connectivity index (χ1v) is 8.56. The van der Waals surface area contributed by atoms with Crippen LogP contribution in [0.1, 0.15) is 0 Å². The number of halogens is 2. The fourth-order valence-corrected chi connectivity index (χ4v) is 3.29. The highest BCUT2D eigenvalue weighted by atomic mass is 35.5. The third kappa shape index (κ3) is 2.34. The van der Waals surface area contributed by atoms with E-state index >= 15 is 0 Å². The second-order valence-corrected chi connectivity index (χ2v) is 6.66. The number of hydrogen-bond acceptors (Lipinski definition) is 4. The summed E-state index contributed by atoms with van der Waals surface area (Å²) in [5.41, 5.74) is 4.33. The summed E-state index contributed by atoms with van der Waals surface area (Å²) in [5.74, 6) is 0. The van der Waals surface area contributed by atoms with Crippen molar-refractivity contribution in [3.63, 3.8) is 0 Å². The van der Waals surface area contributed by atoms with Gasteiger partial charge in [0.25, 0.3) is 0 Å². The van der Waals surface area contributed by atoms with Crippen LogP contribution in [0.4, 0.5) is 0 Å². The minimum Gasteiger partial charge on any atom is -0.301 e. The van der Waals surface area contributed by atoms with Crippen LogP contribution in [0.3, 0.4) is 0 Å². The number of tetrazole rings is 1. The van der Waals surface area contributed by atoms with Crippen LogP contribution in [-0.4, -0.2) is 29.6 Å². The molecule has 126 valence electrons. The first kappa shape index (κ1) is 15.3. The Morgan fingerprint density at radius 3 is 2.23 bits per heavy atom. The number of nitrogens with zero attached hydrogens (tertiary/aromatic N) is 6.